The van der Waals surface area contributed by atoms with E-state index in [4.69, 9.17) is 0 Å². The topological polar surface area (TPSA) is 74.5 Å². The largest absolute Gasteiger partial charge is 0.351 e. The molecular weight excluding hydrogens is 172 g/mol. The van der Waals surface area contributed by atoms with Crippen molar-refractivity contribution in [2.45, 2.75) is 6.04 Å². The van der Waals surface area contributed by atoms with Crippen molar-refractivity contribution in [3.05, 3.63) is 0 Å². The summed E-state index contributed by atoms with van der Waals surface area (Å²) in [4.78, 5) is 34.7. The van der Waals surface area contributed by atoms with Crippen LogP contribution in [0.2, 0.25) is 0 Å². The molecule has 2 aliphatic rings. The van der Waals surface area contributed by atoms with Gasteiger partial charge in [-0.25, -0.2) is 9.79 Å². The third kappa shape index (κ3) is 1.07. The zero-order valence-corrected chi connectivity index (χ0v) is 6.84. The third-order valence-corrected chi connectivity index (χ3v) is 1.81. The molecule has 2 rings (SSSR count). The zero-order chi connectivity index (χ0) is 9.42. The summed E-state index contributed by atoms with van der Waals surface area (Å²) < 4.78 is 0. The van der Waals surface area contributed by atoms with Gasteiger partial charge in [0.2, 0.25) is 0 Å². The van der Waals surface area contributed by atoms with Crippen molar-refractivity contribution in [3.8, 4) is 0 Å². The first-order valence-electron chi connectivity index (χ1n) is 3.66. The molecule has 0 aromatic heterocycles. The molecular formula is C7H6N4O2. The van der Waals surface area contributed by atoms with Gasteiger partial charge in [-0.15, -0.1) is 0 Å². The summed E-state index contributed by atoms with van der Waals surface area (Å²) in [5.74, 6) is -0.210. The van der Waals surface area contributed by atoms with E-state index in [-0.39, 0.29) is 11.7 Å². The minimum Gasteiger partial charge on any atom is -0.271 e. The molecule has 0 saturated heterocycles. The van der Waals surface area contributed by atoms with Gasteiger partial charge < -0.3 is 0 Å². The number of carbonyl (C=O) groups excluding carboxylic acids is 2. The second-order valence-electron chi connectivity index (χ2n) is 2.63. The van der Waals surface area contributed by atoms with E-state index in [1.807, 2.05) is 0 Å². The summed E-state index contributed by atoms with van der Waals surface area (Å²) in [5, 5.41) is 0. The third-order valence-electron chi connectivity index (χ3n) is 1.81. The van der Waals surface area contributed by atoms with Gasteiger partial charge in [-0.3, -0.25) is 14.7 Å². The van der Waals surface area contributed by atoms with Crippen LogP contribution in [0.3, 0.4) is 0 Å². The molecule has 1 unspecified atom stereocenters. The molecule has 0 spiro atoms. The Morgan fingerprint density at radius 3 is 2.92 bits per heavy atom. The smallest absolute Gasteiger partial charge is 0.271 e. The SMILES string of the molecule is CN1C(=O)N=C2N=CC=NC2C1=O. The number of nitrogens with zero attached hydrogens (tertiary/aromatic N) is 4. The van der Waals surface area contributed by atoms with E-state index in [1.165, 1.54) is 19.5 Å². The molecule has 2 aliphatic heterocycles. The Kier molecular flexibility index (Phi) is 1.54. The van der Waals surface area contributed by atoms with E-state index in [9.17, 15) is 9.59 Å². The lowest BCUT2D eigenvalue weighted by Gasteiger charge is -2.23. The number of aliphatic imine (C=N–C) groups is 3. The van der Waals surface area contributed by atoms with Gasteiger partial charge >= 0.3 is 6.03 Å². The predicted octanol–water partition coefficient (Wildman–Crippen LogP) is -0.499. The lowest BCUT2D eigenvalue weighted by molar-refractivity contribution is -0.127. The minimum absolute atomic E-state index is 0.176. The second-order valence-corrected chi connectivity index (χ2v) is 2.63. The van der Waals surface area contributed by atoms with Gasteiger partial charge in [0.1, 0.15) is 0 Å². The molecule has 3 amide bonds. The molecule has 1 atom stereocenters. The van der Waals surface area contributed by atoms with E-state index in [0.717, 1.165) is 4.90 Å². The van der Waals surface area contributed by atoms with Crippen molar-refractivity contribution in [1.82, 2.24) is 4.90 Å². The summed E-state index contributed by atoms with van der Waals surface area (Å²) in [7, 11) is 1.37. The van der Waals surface area contributed by atoms with Crippen molar-refractivity contribution in [2.24, 2.45) is 15.0 Å². The highest BCUT2D eigenvalue weighted by Crippen LogP contribution is 2.11. The predicted molar refractivity (Wildman–Crippen MR) is 46.4 cm³/mol. The molecule has 0 aliphatic carbocycles. The number of fused-ring (bicyclic) bond motifs is 1. The average molecular weight is 178 g/mol. The van der Waals surface area contributed by atoms with Crippen LogP contribution in [-0.2, 0) is 4.79 Å². The van der Waals surface area contributed by atoms with Gasteiger partial charge in [0.15, 0.2) is 11.9 Å². The summed E-state index contributed by atoms with van der Waals surface area (Å²) >= 11 is 0. The van der Waals surface area contributed by atoms with Gasteiger partial charge in [-0.05, 0) is 0 Å². The number of carbonyl (C=O) groups is 2. The summed E-state index contributed by atoms with van der Waals surface area (Å²) in [6.45, 7) is 0. The van der Waals surface area contributed by atoms with Crippen molar-refractivity contribution in [3.63, 3.8) is 0 Å². The van der Waals surface area contributed by atoms with Crippen molar-refractivity contribution < 1.29 is 9.59 Å². The van der Waals surface area contributed by atoms with Crippen molar-refractivity contribution in [2.75, 3.05) is 7.05 Å². The molecule has 13 heavy (non-hydrogen) atoms. The highest BCUT2D eigenvalue weighted by atomic mass is 16.2. The zero-order valence-electron chi connectivity index (χ0n) is 6.84. The quantitative estimate of drug-likeness (QED) is 0.501. The molecule has 0 radical (unpaired) electrons. The van der Waals surface area contributed by atoms with E-state index in [0.29, 0.717) is 0 Å². The van der Waals surface area contributed by atoms with Crippen LogP contribution in [0.15, 0.2) is 15.0 Å². The second kappa shape index (κ2) is 2.58. The molecule has 0 bridgehead atoms. The Hall–Kier alpha value is -1.85. The number of imide groups is 1. The number of hydrogen-bond donors (Lipinski definition) is 0. The number of amidine groups is 1. The Morgan fingerprint density at radius 1 is 1.38 bits per heavy atom. The van der Waals surface area contributed by atoms with Crippen LogP contribution >= 0.6 is 0 Å². The molecule has 0 aromatic carbocycles. The van der Waals surface area contributed by atoms with Crippen LogP contribution in [0.4, 0.5) is 4.79 Å². The maximum absolute atomic E-state index is 11.4. The fraction of sp³-hybridized carbons (Fsp3) is 0.286. The number of urea groups is 1. The highest BCUT2D eigenvalue weighted by Gasteiger charge is 2.35. The van der Waals surface area contributed by atoms with Crippen LogP contribution in [0.25, 0.3) is 0 Å². The molecule has 0 saturated carbocycles. The molecule has 6 heteroatoms. The van der Waals surface area contributed by atoms with Crippen LogP contribution < -0.4 is 0 Å². The van der Waals surface area contributed by atoms with Crippen LogP contribution in [0.1, 0.15) is 0 Å². The maximum Gasteiger partial charge on any atom is 0.351 e. The standard InChI is InChI=1S/C7H6N4O2/c1-11-6(12)4-5(10-7(11)13)9-3-2-8-4/h2-4H,1H3. The van der Waals surface area contributed by atoms with E-state index >= 15 is 0 Å². The Labute approximate surface area is 73.7 Å². The van der Waals surface area contributed by atoms with Gasteiger partial charge in [0.05, 0.1) is 0 Å². The summed E-state index contributed by atoms with van der Waals surface area (Å²) in [6.07, 6.45) is 2.83. The molecule has 0 fully saturated rings. The van der Waals surface area contributed by atoms with E-state index in [2.05, 4.69) is 15.0 Å². The first-order chi connectivity index (χ1) is 6.20. The molecule has 2 heterocycles. The monoisotopic (exact) mass is 178 g/mol. The van der Waals surface area contributed by atoms with Gasteiger partial charge in [-0.1, -0.05) is 0 Å². The van der Waals surface area contributed by atoms with Crippen molar-refractivity contribution in [1.29, 1.82) is 0 Å². The first-order valence-corrected chi connectivity index (χ1v) is 3.66. The minimum atomic E-state index is -0.729. The van der Waals surface area contributed by atoms with Crippen LogP contribution in [-0.4, -0.2) is 48.2 Å². The Balaban J connectivity index is 2.46. The maximum atomic E-state index is 11.4. The Bertz CT molecular complexity index is 369. The first kappa shape index (κ1) is 7.78. The molecule has 0 aromatic rings. The fourth-order valence-electron chi connectivity index (χ4n) is 1.09. The molecule has 0 N–H and O–H groups in total. The van der Waals surface area contributed by atoms with E-state index < -0.39 is 12.1 Å². The molecule has 6 nitrogen and oxygen atoms in total. The van der Waals surface area contributed by atoms with Crippen LogP contribution in [0.5, 0.6) is 0 Å². The fourth-order valence-corrected chi connectivity index (χ4v) is 1.09. The highest BCUT2D eigenvalue weighted by molar-refractivity contribution is 6.28. The van der Waals surface area contributed by atoms with Gasteiger partial charge in [0, 0.05) is 19.5 Å². The number of amides is 3. The lowest BCUT2D eigenvalue weighted by atomic mass is 10.2. The Morgan fingerprint density at radius 2 is 2.15 bits per heavy atom. The van der Waals surface area contributed by atoms with Crippen LogP contribution in [0, 0.1) is 0 Å². The average Bonchev–Trinajstić information content (AvgIpc) is 2.15. The number of likely N-dealkylation sites (N-methyl/N-ethyl adjacent to an activating group) is 1. The number of hydrogen-bond acceptors (Lipinski definition) is 4. The normalized spacial score (nSPS) is 26.1. The molecule has 66 valence electrons. The summed E-state index contributed by atoms with van der Waals surface area (Å²) in [6, 6.07) is -1.32. The van der Waals surface area contributed by atoms with Gasteiger partial charge in [0.25, 0.3) is 5.91 Å². The van der Waals surface area contributed by atoms with E-state index in [1.54, 1.807) is 0 Å². The summed E-state index contributed by atoms with van der Waals surface area (Å²) in [5.41, 5.74) is 0. The lowest BCUT2D eigenvalue weighted by Crippen LogP contribution is -2.47. The van der Waals surface area contributed by atoms with Gasteiger partial charge in [-0.2, -0.15) is 4.99 Å². The number of rotatable bonds is 0. The van der Waals surface area contributed by atoms with Crippen molar-refractivity contribution >= 4 is 30.2 Å².